The second kappa shape index (κ2) is 3.28. The molecule has 0 saturated carbocycles. The van der Waals surface area contributed by atoms with E-state index < -0.39 is 6.17 Å². The van der Waals surface area contributed by atoms with Crippen LogP contribution in [0.5, 0.6) is 0 Å². The molecule has 0 aliphatic rings. The zero-order valence-corrected chi connectivity index (χ0v) is 6.25. The van der Waals surface area contributed by atoms with Gasteiger partial charge < -0.3 is 0 Å². The Morgan fingerprint density at radius 2 is 2.09 bits per heavy atom. The molecule has 11 heavy (non-hydrogen) atoms. The molecule has 0 aliphatic heterocycles. The van der Waals surface area contributed by atoms with Gasteiger partial charge in [-0.1, -0.05) is 24.3 Å². The van der Waals surface area contributed by atoms with Crippen molar-refractivity contribution in [3.8, 4) is 0 Å². The lowest BCUT2D eigenvalue weighted by Gasteiger charge is -2.03. The van der Waals surface area contributed by atoms with E-state index >= 15 is 0 Å². The first-order valence-electron chi connectivity index (χ1n) is 3.44. The molecule has 0 aliphatic carbocycles. The van der Waals surface area contributed by atoms with Crippen LogP contribution >= 0.6 is 0 Å². The summed E-state index contributed by atoms with van der Waals surface area (Å²) in [7, 11) is 0. The van der Waals surface area contributed by atoms with Gasteiger partial charge in [-0.05, 0) is 12.5 Å². The number of carbonyl (C=O) groups is 1. The highest BCUT2D eigenvalue weighted by molar-refractivity contribution is 5.77. The largest absolute Gasteiger partial charge is 0.298 e. The molecule has 1 atom stereocenters. The summed E-state index contributed by atoms with van der Waals surface area (Å²) < 4.78 is 12.7. The molecule has 0 fully saturated rings. The van der Waals surface area contributed by atoms with Crippen molar-refractivity contribution in [1.82, 2.24) is 0 Å². The molecule has 0 aromatic heterocycles. The molecule has 0 bridgehead atoms. The Morgan fingerprint density at radius 3 is 2.55 bits per heavy atom. The maximum Gasteiger partial charge on any atom is 0.150 e. The SMILES string of the molecule is CC(F)c1ccccc1C=O. The second-order valence-electron chi connectivity index (χ2n) is 2.36. The smallest absolute Gasteiger partial charge is 0.150 e. The highest BCUT2D eigenvalue weighted by Gasteiger charge is 2.06. The summed E-state index contributed by atoms with van der Waals surface area (Å²) >= 11 is 0. The third-order valence-corrected chi connectivity index (χ3v) is 1.55. The predicted octanol–water partition coefficient (Wildman–Crippen LogP) is 2.53. The summed E-state index contributed by atoms with van der Waals surface area (Å²) in [5.41, 5.74) is 0.894. The number of alkyl halides is 1. The number of hydrogen-bond acceptors (Lipinski definition) is 1. The van der Waals surface area contributed by atoms with Crippen LogP contribution < -0.4 is 0 Å². The molecule has 2 heteroatoms. The predicted molar refractivity (Wildman–Crippen MR) is 41.4 cm³/mol. The first kappa shape index (κ1) is 7.92. The van der Waals surface area contributed by atoms with E-state index in [1.54, 1.807) is 24.3 Å². The Morgan fingerprint density at radius 1 is 1.45 bits per heavy atom. The minimum atomic E-state index is -1.07. The zero-order chi connectivity index (χ0) is 8.27. The molecule has 1 rings (SSSR count). The Kier molecular flexibility index (Phi) is 2.36. The summed E-state index contributed by atoms with van der Waals surface area (Å²) in [6, 6.07) is 6.67. The lowest BCUT2D eigenvalue weighted by atomic mass is 10.1. The van der Waals surface area contributed by atoms with Crippen LogP contribution in [-0.4, -0.2) is 6.29 Å². The van der Waals surface area contributed by atoms with Crippen molar-refractivity contribution in [2.45, 2.75) is 13.1 Å². The van der Waals surface area contributed by atoms with Gasteiger partial charge in [0.05, 0.1) is 0 Å². The van der Waals surface area contributed by atoms with Crippen molar-refractivity contribution in [1.29, 1.82) is 0 Å². The van der Waals surface area contributed by atoms with Crippen LogP contribution in [0, 0.1) is 0 Å². The third kappa shape index (κ3) is 1.64. The van der Waals surface area contributed by atoms with Crippen LogP contribution in [0.3, 0.4) is 0 Å². The number of rotatable bonds is 2. The van der Waals surface area contributed by atoms with Gasteiger partial charge in [0.25, 0.3) is 0 Å². The Hall–Kier alpha value is -1.18. The quantitative estimate of drug-likeness (QED) is 0.595. The third-order valence-electron chi connectivity index (χ3n) is 1.55. The van der Waals surface area contributed by atoms with Gasteiger partial charge in [0.1, 0.15) is 12.5 Å². The number of carbonyl (C=O) groups excluding carboxylic acids is 1. The van der Waals surface area contributed by atoms with Crippen molar-refractivity contribution in [3.63, 3.8) is 0 Å². The Labute approximate surface area is 64.9 Å². The van der Waals surface area contributed by atoms with E-state index in [1.807, 2.05) is 0 Å². The van der Waals surface area contributed by atoms with Crippen LogP contribution in [0.1, 0.15) is 29.0 Å². The van der Waals surface area contributed by atoms with Crippen molar-refractivity contribution in [2.75, 3.05) is 0 Å². The molecule has 0 N–H and O–H groups in total. The molecule has 58 valence electrons. The number of aldehydes is 1. The monoisotopic (exact) mass is 152 g/mol. The first-order valence-corrected chi connectivity index (χ1v) is 3.44. The van der Waals surface area contributed by atoms with Gasteiger partial charge in [0, 0.05) is 5.56 Å². The first-order chi connectivity index (χ1) is 5.25. The number of halogens is 1. The minimum absolute atomic E-state index is 0.433. The lowest BCUT2D eigenvalue weighted by molar-refractivity contribution is 0.112. The average molecular weight is 152 g/mol. The second-order valence-corrected chi connectivity index (χ2v) is 2.36. The summed E-state index contributed by atoms with van der Waals surface area (Å²) in [4.78, 5) is 10.4. The molecule has 0 saturated heterocycles. The van der Waals surface area contributed by atoms with E-state index in [-0.39, 0.29) is 0 Å². The molecule has 1 aromatic carbocycles. The molecule has 1 aromatic rings. The van der Waals surface area contributed by atoms with Gasteiger partial charge in [-0.3, -0.25) is 4.79 Å². The maximum atomic E-state index is 12.7. The zero-order valence-electron chi connectivity index (χ0n) is 6.25. The molecule has 0 amide bonds. The highest BCUT2D eigenvalue weighted by atomic mass is 19.1. The fourth-order valence-corrected chi connectivity index (χ4v) is 0.980. The van der Waals surface area contributed by atoms with E-state index in [1.165, 1.54) is 6.92 Å². The van der Waals surface area contributed by atoms with Gasteiger partial charge in [-0.25, -0.2) is 4.39 Å². The Balaban J connectivity index is 3.12. The van der Waals surface area contributed by atoms with E-state index in [0.29, 0.717) is 17.4 Å². The maximum absolute atomic E-state index is 12.7. The lowest BCUT2D eigenvalue weighted by Crippen LogP contribution is -1.92. The van der Waals surface area contributed by atoms with Gasteiger partial charge in [0.15, 0.2) is 0 Å². The molecule has 0 spiro atoms. The van der Waals surface area contributed by atoms with E-state index in [2.05, 4.69) is 0 Å². The molecule has 0 heterocycles. The fraction of sp³-hybridized carbons (Fsp3) is 0.222. The van der Waals surface area contributed by atoms with Gasteiger partial charge in [0.2, 0.25) is 0 Å². The van der Waals surface area contributed by atoms with Crippen LogP contribution in [0.4, 0.5) is 4.39 Å². The molecular formula is C9H9FO. The van der Waals surface area contributed by atoms with Crippen molar-refractivity contribution in [3.05, 3.63) is 35.4 Å². The number of hydrogen-bond donors (Lipinski definition) is 0. The van der Waals surface area contributed by atoms with Crippen LogP contribution in [0.15, 0.2) is 24.3 Å². The van der Waals surface area contributed by atoms with Crippen LogP contribution in [0.2, 0.25) is 0 Å². The summed E-state index contributed by atoms with van der Waals surface area (Å²) in [6.45, 7) is 1.42. The fourth-order valence-electron chi connectivity index (χ4n) is 0.980. The standard InChI is InChI=1S/C9H9FO/c1-7(10)9-5-3-2-4-8(9)6-11/h2-7H,1H3. The normalized spacial score (nSPS) is 12.5. The summed E-state index contributed by atoms with van der Waals surface area (Å²) in [6.07, 6.45) is -0.401. The molecular weight excluding hydrogens is 143 g/mol. The van der Waals surface area contributed by atoms with Crippen molar-refractivity contribution >= 4 is 6.29 Å². The van der Waals surface area contributed by atoms with E-state index in [4.69, 9.17) is 0 Å². The number of benzene rings is 1. The van der Waals surface area contributed by atoms with E-state index in [9.17, 15) is 9.18 Å². The topological polar surface area (TPSA) is 17.1 Å². The van der Waals surface area contributed by atoms with Crippen LogP contribution in [-0.2, 0) is 0 Å². The van der Waals surface area contributed by atoms with Gasteiger partial charge in [-0.15, -0.1) is 0 Å². The molecule has 1 unspecified atom stereocenters. The van der Waals surface area contributed by atoms with Crippen molar-refractivity contribution in [2.24, 2.45) is 0 Å². The highest BCUT2D eigenvalue weighted by Crippen LogP contribution is 2.18. The van der Waals surface area contributed by atoms with Crippen LogP contribution in [0.25, 0.3) is 0 Å². The molecule has 1 nitrogen and oxygen atoms in total. The van der Waals surface area contributed by atoms with Gasteiger partial charge in [-0.2, -0.15) is 0 Å². The summed E-state index contributed by atoms with van der Waals surface area (Å²) in [5.74, 6) is 0. The van der Waals surface area contributed by atoms with Gasteiger partial charge >= 0.3 is 0 Å². The molecule has 0 radical (unpaired) electrons. The minimum Gasteiger partial charge on any atom is -0.298 e. The Bertz CT molecular complexity index is 255. The van der Waals surface area contributed by atoms with E-state index in [0.717, 1.165) is 0 Å². The average Bonchev–Trinajstić information content (AvgIpc) is 2.04. The van der Waals surface area contributed by atoms with Crippen molar-refractivity contribution < 1.29 is 9.18 Å². The summed E-state index contributed by atoms with van der Waals surface area (Å²) in [5, 5.41) is 0.